The SMILES string of the molecule is C=C(C)C(=O)NCc1ccc(Cl)c(Nc2nc3cc(C(=O)N[C@H]4CC[C@H](C(F)(F)F)CC4)c(OCC(F)F)nc3n2C)c1Cl. The highest BCUT2D eigenvalue weighted by molar-refractivity contribution is 6.39. The van der Waals surface area contributed by atoms with Crippen LogP contribution in [0.1, 0.15) is 48.5 Å². The Morgan fingerprint density at radius 1 is 1.16 bits per heavy atom. The Labute approximate surface area is 259 Å². The lowest BCUT2D eigenvalue weighted by Gasteiger charge is -2.30. The zero-order valence-corrected chi connectivity index (χ0v) is 25.1. The Morgan fingerprint density at radius 2 is 1.84 bits per heavy atom. The molecule has 2 heterocycles. The molecule has 1 aliphatic rings. The minimum absolute atomic E-state index is 0.0850. The topological polar surface area (TPSA) is 110 Å². The highest BCUT2D eigenvalue weighted by atomic mass is 35.5. The predicted molar refractivity (Wildman–Crippen MR) is 156 cm³/mol. The van der Waals surface area contributed by atoms with Crippen LogP contribution in [0.5, 0.6) is 5.88 Å². The van der Waals surface area contributed by atoms with E-state index < -0.39 is 37.1 Å². The van der Waals surface area contributed by atoms with Gasteiger partial charge in [0.1, 0.15) is 11.1 Å². The van der Waals surface area contributed by atoms with Gasteiger partial charge in [-0.3, -0.25) is 14.2 Å². The van der Waals surface area contributed by atoms with Crippen molar-refractivity contribution in [3.05, 3.63) is 51.5 Å². The van der Waals surface area contributed by atoms with E-state index in [-0.39, 0.29) is 82.4 Å². The van der Waals surface area contributed by atoms with E-state index in [1.807, 2.05) is 0 Å². The summed E-state index contributed by atoms with van der Waals surface area (Å²) in [6.07, 6.45) is -7.23. The zero-order chi connectivity index (χ0) is 32.3. The van der Waals surface area contributed by atoms with Gasteiger partial charge in [-0.1, -0.05) is 35.8 Å². The van der Waals surface area contributed by atoms with Crippen molar-refractivity contribution in [3.8, 4) is 5.88 Å². The van der Waals surface area contributed by atoms with Crippen LogP contribution in [0.4, 0.5) is 33.6 Å². The molecule has 0 unspecified atom stereocenters. The van der Waals surface area contributed by atoms with Gasteiger partial charge in [-0.15, -0.1) is 0 Å². The van der Waals surface area contributed by atoms with Crippen LogP contribution in [0.25, 0.3) is 11.2 Å². The number of carbonyl (C=O) groups excluding carboxylic acids is 2. The van der Waals surface area contributed by atoms with Crippen molar-refractivity contribution in [2.24, 2.45) is 13.0 Å². The molecular formula is C28H29Cl2F5N6O3. The van der Waals surface area contributed by atoms with Gasteiger partial charge in [0.05, 0.1) is 21.7 Å². The number of amides is 2. The quantitative estimate of drug-likeness (QED) is 0.165. The number of carbonyl (C=O) groups is 2. The van der Waals surface area contributed by atoms with Gasteiger partial charge >= 0.3 is 6.18 Å². The number of imidazole rings is 1. The van der Waals surface area contributed by atoms with E-state index >= 15 is 0 Å². The Kier molecular flexibility index (Phi) is 10.2. The highest BCUT2D eigenvalue weighted by Gasteiger charge is 2.41. The average Bonchev–Trinajstić information content (AvgIpc) is 3.26. The van der Waals surface area contributed by atoms with Crippen LogP contribution in [0.15, 0.2) is 30.4 Å². The van der Waals surface area contributed by atoms with Crippen LogP contribution in [0, 0.1) is 5.92 Å². The van der Waals surface area contributed by atoms with Gasteiger partial charge in [0.25, 0.3) is 12.3 Å². The third kappa shape index (κ3) is 7.70. The molecule has 1 aliphatic carbocycles. The molecule has 3 aromatic rings. The number of rotatable bonds is 10. The lowest BCUT2D eigenvalue weighted by molar-refractivity contribution is -0.182. The minimum atomic E-state index is -4.30. The molecule has 1 saturated carbocycles. The van der Waals surface area contributed by atoms with Gasteiger partial charge in [-0.25, -0.2) is 13.8 Å². The van der Waals surface area contributed by atoms with Gasteiger partial charge in [0, 0.05) is 25.2 Å². The van der Waals surface area contributed by atoms with E-state index in [0.29, 0.717) is 11.1 Å². The fourth-order valence-corrected chi connectivity index (χ4v) is 5.27. The Morgan fingerprint density at radius 3 is 2.45 bits per heavy atom. The molecule has 3 N–H and O–H groups in total. The lowest BCUT2D eigenvalue weighted by atomic mass is 9.85. The van der Waals surface area contributed by atoms with Crippen molar-refractivity contribution >= 4 is 57.8 Å². The maximum Gasteiger partial charge on any atom is 0.391 e. The number of pyridine rings is 1. The fourth-order valence-electron chi connectivity index (χ4n) is 4.73. The molecule has 9 nitrogen and oxygen atoms in total. The number of nitrogens with zero attached hydrogens (tertiary/aromatic N) is 3. The molecule has 0 radical (unpaired) electrons. The van der Waals surface area contributed by atoms with Crippen LogP contribution < -0.4 is 20.7 Å². The van der Waals surface area contributed by atoms with Crippen LogP contribution >= 0.6 is 23.2 Å². The summed E-state index contributed by atoms with van der Waals surface area (Å²) in [4.78, 5) is 33.9. The summed E-state index contributed by atoms with van der Waals surface area (Å²) in [5.41, 5.74) is 1.26. The molecule has 1 aromatic carbocycles. The fraction of sp³-hybridized carbons (Fsp3) is 0.429. The minimum Gasteiger partial charge on any atom is -0.471 e. The van der Waals surface area contributed by atoms with E-state index in [0.717, 1.165) is 0 Å². The highest BCUT2D eigenvalue weighted by Crippen LogP contribution is 2.38. The summed E-state index contributed by atoms with van der Waals surface area (Å²) in [5.74, 6) is -2.75. The molecule has 0 atom stereocenters. The second-order valence-electron chi connectivity index (χ2n) is 10.4. The molecule has 0 saturated heterocycles. The van der Waals surface area contributed by atoms with Gasteiger partial charge in [-0.05, 0) is 50.3 Å². The summed E-state index contributed by atoms with van der Waals surface area (Å²) in [7, 11) is 1.57. The summed E-state index contributed by atoms with van der Waals surface area (Å²) in [6.45, 7) is 4.19. The van der Waals surface area contributed by atoms with E-state index in [1.165, 1.54) is 10.6 Å². The van der Waals surface area contributed by atoms with Crippen LogP contribution in [0.3, 0.4) is 0 Å². The summed E-state index contributed by atoms with van der Waals surface area (Å²) in [5, 5.41) is 8.80. The summed E-state index contributed by atoms with van der Waals surface area (Å²) < 4.78 is 71.8. The van der Waals surface area contributed by atoms with Gasteiger partial charge in [0.15, 0.2) is 12.3 Å². The lowest BCUT2D eigenvalue weighted by Crippen LogP contribution is -2.40. The van der Waals surface area contributed by atoms with E-state index in [9.17, 15) is 31.5 Å². The van der Waals surface area contributed by atoms with Crippen molar-refractivity contribution in [1.82, 2.24) is 25.2 Å². The first kappa shape index (κ1) is 33.2. The van der Waals surface area contributed by atoms with Gasteiger partial charge in [0.2, 0.25) is 17.7 Å². The first-order valence-electron chi connectivity index (χ1n) is 13.5. The standard InChI is InChI=1S/C28H29Cl2F5N6O3/c1-13(2)24(42)36-11-14-4-9-18(29)22(21(14)30)39-27-38-19-10-17(26(44-12-20(31)32)40-23(19)41(27)3)25(43)37-16-7-5-15(6-8-16)28(33,34)35/h4,9-10,15-16,20H,1,5-8,11-12H2,2-3H3,(H,36,42)(H,37,43)(H,38,39)/t15-,16-. The largest absolute Gasteiger partial charge is 0.471 e. The molecule has 1 fully saturated rings. The van der Waals surface area contributed by atoms with Crippen molar-refractivity contribution in [1.29, 1.82) is 0 Å². The maximum absolute atomic E-state index is 13.2. The second kappa shape index (κ2) is 13.6. The molecule has 0 bridgehead atoms. The molecule has 0 spiro atoms. The number of ether oxygens (including phenoxy) is 1. The molecule has 2 amide bonds. The van der Waals surface area contributed by atoms with Crippen LogP contribution in [-0.4, -0.2) is 51.6 Å². The number of nitrogens with one attached hydrogen (secondary N) is 3. The molecule has 4 rings (SSSR count). The number of halogens is 7. The number of benzene rings is 1. The normalized spacial score (nSPS) is 17.0. The van der Waals surface area contributed by atoms with Crippen molar-refractivity contribution in [2.45, 2.75) is 57.8 Å². The third-order valence-electron chi connectivity index (χ3n) is 7.16. The van der Waals surface area contributed by atoms with E-state index in [4.69, 9.17) is 27.9 Å². The number of anilines is 2. The monoisotopic (exact) mass is 662 g/mol. The number of hydrogen-bond acceptors (Lipinski definition) is 6. The van der Waals surface area contributed by atoms with E-state index in [1.54, 1.807) is 26.1 Å². The molecular weight excluding hydrogens is 634 g/mol. The van der Waals surface area contributed by atoms with Gasteiger partial charge < -0.3 is 20.7 Å². The van der Waals surface area contributed by atoms with Crippen molar-refractivity contribution < 1.29 is 36.3 Å². The average molecular weight is 663 g/mol. The molecule has 44 heavy (non-hydrogen) atoms. The van der Waals surface area contributed by atoms with Crippen molar-refractivity contribution in [2.75, 3.05) is 11.9 Å². The maximum atomic E-state index is 13.2. The number of aromatic nitrogens is 3. The first-order chi connectivity index (χ1) is 20.6. The second-order valence-corrected chi connectivity index (χ2v) is 11.2. The molecule has 238 valence electrons. The van der Waals surface area contributed by atoms with Crippen LogP contribution in [-0.2, 0) is 18.4 Å². The Hall–Kier alpha value is -3.65. The predicted octanol–water partition coefficient (Wildman–Crippen LogP) is 6.71. The zero-order valence-electron chi connectivity index (χ0n) is 23.6. The first-order valence-corrected chi connectivity index (χ1v) is 14.2. The number of hydrogen-bond donors (Lipinski definition) is 3. The molecule has 16 heteroatoms. The molecule has 0 aliphatic heterocycles. The van der Waals surface area contributed by atoms with E-state index in [2.05, 4.69) is 32.5 Å². The van der Waals surface area contributed by atoms with Gasteiger partial charge in [-0.2, -0.15) is 18.2 Å². The molecule has 2 aromatic heterocycles. The number of fused-ring (bicyclic) bond motifs is 1. The van der Waals surface area contributed by atoms with Crippen LogP contribution in [0.2, 0.25) is 10.0 Å². The summed E-state index contributed by atoms with van der Waals surface area (Å²) in [6, 6.07) is 3.97. The van der Waals surface area contributed by atoms with Crippen molar-refractivity contribution in [3.63, 3.8) is 0 Å². The summed E-state index contributed by atoms with van der Waals surface area (Å²) >= 11 is 13.0. The third-order valence-corrected chi connectivity index (χ3v) is 7.91. The number of aryl methyl sites for hydroxylation is 1. The smallest absolute Gasteiger partial charge is 0.391 e. The Balaban J connectivity index is 1.61. The number of alkyl halides is 5. The Bertz CT molecular complexity index is 1570.